The standard InChI is InChI=1S/2C15H14O2/c2*1-11-2-6-13(7-3-11)14-8-4-12(5-9-14)10-15(16)17/h2*2-9H,10H2,1H3,(H,16,17). The number of rotatable bonds is 6. The lowest BCUT2D eigenvalue weighted by Gasteiger charge is -2.03. The van der Waals surface area contributed by atoms with Crippen LogP contribution < -0.4 is 0 Å². The summed E-state index contributed by atoms with van der Waals surface area (Å²) < 4.78 is 0. The zero-order chi connectivity index (χ0) is 24.5. The molecule has 0 amide bonds. The minimum absolute atomic E-state index is 0.0776. The van der Waals surface area contributed by atoms with E-state index in [1.807, 2.05) is 48.5 Å². The topological polar surface area (TPSA) is 74.6 Å². The number of carboxylic acid groups (broad SMARTS) is 2. The van der Waals surface area contributed by atoms with Crippen molar-refractivity contribution >= 4 is 11.9 Å². The Kier molecular flexibility index (Phi) is 8.36. The first-order chi connectivity index (χ1) is 16.3. The quantitative estimate of drug-likeness (QED) is 0.347. The molecule has 34 heavy (non-hydrogen) atoms. The van der Waals surface area contributed by atoms with Crippen LogP contribution in [0.25, 0.3) is 22.3 Å². The van der Waals surface area contributed by atoms with Gasteiger partial charge in [-0.2, -0.15) is 0 Å². The van der Waals surface area contributed by atoms with Gasteiger partial charge in [0.2, 0.25) is 0 Å². The fourth-order valence-electron chi connectivity index (χ4n) is 3.47. The average Bonchev–Trinajstić information content (AvgIpc) is 2.81. The molecule has 0 heterocycles. The molecule has 0 aliphatic heterocycles. The zero-order valence-corrected chi connectivity index (χ0v) is 19.4. The molecule has 4 aromatic rings. The Morgan fingerprint density at radius 1 is 0.471 bits per heavy atom. The van der Waals surface area contributed by atoms with Gasteiger partial charge in [0.25, 0.3) is 0 Å². The van der Waals surface area contributed by atoms with E-state index in [2.05, 4.69) is 62.4 Å². The van der Waals surface area contributed by atoms with Gasteiger partial charge in [-0.3, -0.25) is 9.59 Å². The molecule has 172 valence electrons. The van der Waals surface area contributed by atoms with E-state index in [-0.39, 0.29) is 12.8 Å². The molecule has 0 unspecified atom stereocenters. The van der Waals surface area contributed by atoms with Crippen LogP contribution in [0.3, 0.4) is 0 Å². The van der Waals surface area contributed by atoms with Gasteiger partial charge in [-0.1, -0.05) is 108 Å². The van der Waals surface area contributed by atoms with Crippen LogP contribution in [0.4, 0.5) is 0 Å². The van der Waals surface area contributed by atoms with Crippen LogP contribution in [0.2, 0.25) is 0 Å². The maximum absolute atomic E-state index is 10.6. The van der Waals surface area contributed by atoms with Crippen molar-refractivity contribution in [1.82, 2.24) is 0 Å². The van der Waals surface area contributed by atoms with E-state index in [1.165, 1.54) is 11.1 Å². The molecule has 4 heteroatoms. The normalized spacial score (nSPS) is 10.2. The van der Waals surface area contributed by atoms with Crippen molar-refractivity contribution < 1.29 is 19.8 Å². The first kappa shape index (κ1) is 24.5. The highest BCUT2D eigenvalue weighted by Gasteiger charge is 2.02. The average molecular weight is 453 g/mol. The molecule has 0 radical (unpaired) electrons. The largest absolute Gasteiger partial charge is 0.481 e. The van der Waals surface area contributed by atoms with Crippen LogP contribution in [0.15, 0.2) is 97.1 Å². The van der Waals surface area contributed by atoms with Crippen molar-refractivity contribution in [2.75, 3.05) is 0 Å². The third-order valence-electron chi connectivity index (χ3n) is 5.39. The number of aryl methyl sites for hydroxylation is 2. The Bertz CT molecular complexity index is 1120. The number of hydrogen-bond acceptors (Lipinski definition) is 2. The molecule has 4 aromatic carbocycles. The molecule has 0 saturated carbocycles. The van der Waals surface area contributed by atoms with Crippen LogP contribution in [0.5, 0.6) is 0 Å². The molecule has 0 atom stereocenters. The Labute approximate surface area is 200 Å². The lowest BCUT2D eigenvalue weighted by Crippen LogP contribution is -1.99. The molecule has 2 N–H and O–H groups in total. The molecule has 0 aliphatic rings. The van der Waals surface area contributed by atoms with Gasteiger partial charge >= 0.3 is 11.9 Å². The Morgan fingerprint density at radius 3 is 0.941 bits per heavy atom. The van der Waals surface area contributed by atoms with Crippen molar-refractivity contribution in [2.45, 2.75) is 26.7 Å². The first-order valence-electron chi connectivity index (χ1n) is 11.1. The first-order valence-corrected chi connectivity index (χ1v) is 11.1. The molecular formula is C30H28O4. The van der Waals surface area contributed by atoms with E-state index in [4.69, 9.17) is 10.2 Å². The van der Waals surface area contributed by atoms with Gasteiger partial charge in [-0.25, -0.2) is 0 Å². The summed E-state index contributed by atoms with van der Waals surface area (Å²) in [6, 6.07) is 31.9. The van der Waals surface area contributed by atoms with Crippen molar-refractivity contribution in [3.05, 3.63) is 119 Å². The molecule has 0 aliphatic carbocycles. The summed E-state index contributed by atoms with van der Waals surface area (Å²) in [5.41, 5.74) is 8.64. The van der Waals surface area contributed by atoms with Crippen molar-refractivity contribution in [3.8, 4) is 22.3 Å². The highest BCUT2D eigenvalue weighted by atomic mass is 16.4. The lowest BCUT2D eigenvalue weighted by atomic mass is 10.0. The maximum atomic E-state index is 10.6. The Morgan fingerprint density at radius 2 is 0.706 bits per heavy atom. The van der Waals surface area contributed by atoms with Gasteiger partial charge in [0.1, 0.15) is 0 Å². The predicted octanol–water partition coefficient (Wildman–Crippen LogP) is 6.58. The van der Waals surface area contributed by atoms with Gasteiger partial charge in [0.15, 0.2) is 0 Å². The van der Waals surface area contributed by atoms with E-state index in [9.17, 15) is 9.59 Å². The fourth-order valence-corrected chi connectivity index (χ4v) is 3.47. The van der Waals surface area contributed by atoms with Crippen LogP contribution in [-0.2, 0) is 22.4 Å². The molecule has 0 aromatic heterocycles. The molecule has 4 nitrogen and oxygen atoms in total. The van der Waals surface area contributed by atoms with E-state index >= 15 is 0 Å². The molecule has 0 spiro atoms. The zero-order valence-electron chi connectivity index (χ0n) is 19.4. The van der Waals surface area contributed by atoms with Gasteiger partial charge in [-0.15, -0.1) is 0 Å². The van der Waals surface area contributed by atoms with Crippen LogP contribution >= 0.6 is 0 Å². The maximum Gasteiger partial charge on any atom is 0.307 e. The van der Waals surface area contributed by atoms with Crippen LogP contribution in [-0.4, -0.2) is 22.2 Å². The third-order valence-corrected chi connectivity index (χ3v) is 5.39. The Hall–Kier alpha value is -4.18. The second-order valence-electron chi connectivity index (χ2n) is 8.27. The number of carbonyl (C=O) groups is 2. The molecule has 0 saturated heterocycles. The van der Waals surface area contributed by atoms with Crippen molar-refractivity contribution in [1.29, 1.82) is 0 Å². The third kappa shape index (κ3) is 7.45. The van der Waals surface area contributed by atoms with E-state index in [0.29, 0.717) is 0 Å². The molecular weight excluding hydrogens is 424 g/mol. The minimum atomic E-state index is -0.798. The van der Waals surface area contributed by atoms with E-state index in [0.717, 1.165) is 33.4 Å². The van der Waals surface area contributed by atoms with Crippen molar-refractivity contribution in [3.63, 3.8) is 0 Å². The number of hydrogen-bond donors (Lipinski definition) is 2. The van der Waals surface area contributed by atoms with Gasteiger partial charge in [0.05, 0.1) is 12.8 Å². The van der Waals surface area contributed by atoms with Gasteiger partial charge in [0, 0.05) is 0 Å². The lowest BCUT2D eigenvalue weighted by molar-refractivity contribution is -0.137. The SMILES string of the molecule is Cc1ccc(-c2ccc(CC(=O)O)cc2)cc1.Cc1ccc(-c2ccc(CC(=O)O)cc2)cc1. The highest BCUT2D eigenvalue weighted by Crippen LogP contribution is 2.21. The number of carboxylic acids is 2. The monoisotopic (exact) mass is 452 g/mol. The minimum Gasteiger partial charge on any atom is -0.481 e. The molecule has 0 fully saturated rings. The Balaban J connectivity index is 0.000000191. The smallest absolute Gasteiger partial charge is 0.307 e. The summed E-state index contributed by atoms with van der Waals surface area (Å²) in [5, 5.41) is 17.4. The summed E-state index contributed by atoms with van der Waals surface area (Å²) in [6.07, 6.45) is 0.155. The van der Waals surface area contributed by atoms with Crippen molar-refractivity contribution in [2.24, 2.45) is 0 Å². The molecule has 4 rings (SSSR count). The predicted molar refractivity (Wildman–Crippen MR) is 136 cm³/mol. The van der Waals surface area contributed by atoms with E-state index in [1.54, 1.807) is 0 Å². The summed E-state index contributed by atoms with van der Waals surface area (Å²) in [5.74, 6) is -1.60. The second kappa shape index (κ2) is 11.6. The van der Waals surface area contributed by atoms with Gasteiger partial charge in [-0.05, 0) is 47.2 Å². The number of aliphatic carboxylic acids is 2. The molecule has 0 bridgehead atoms. The summed E-state index contributed by atoms with van der Waals surface area (Å²) in [7, 11) is 0. The van der Waals surface area contributed by atoms with Gasteiger partial charge < -0.3 is 10.2 Å². The van der Waals surface area contributed by atoms with Crippen LogP contribution in [0.1, 0.15) is 22.3 Å². The summed E-state index contributed by atoms with van der Waals surface area (Å²) >= 11 is 0. The fraction of sp³-hybridized carbons (Fsp3) is 0.133. The van der Waals surface area contributed by atoms with E-state index < -0.39 is 11.9 Å². The van der Waals surface area contributed by atoms with Crippen LogP contribution in [0, 0.1) is 13.8 Å². The number of benzene rings is 4. The summed E-state index contributed by atoms with van der Waals surface area (Å²) in [6.45, 7) is 4.11. The highest BCUT2D eigenvalue weighted by molar-refractivity contribution is 5.72. The second-order valence-corrected chi connectivity index (χ2v) is 8.27. The summed E-state index contributed by atoms with van der Waals surface area (Å²) in [4.78, 5) is 21.1.